The molecule has 2 aliphatic heterocycles. The van der Waals surface area contributed by atoms with Gasteiger partial charge in [-0.15, -0.1) is 0 Å². The van der Waals surface area contributed by atoms with Crippen LogP contribution in [0.3, 0.4) is 0 Å². The zero-order valence-electron chi connectivity index (χ0n) is 42.2. The van der Waals surface area contributed by atoms with Crippen molar-refractivity contribution in [3.63, 3.8) is 0 Å². The number of carbonyl (C=O) groups excluding carboxylic acids is 6. The Morgan fingerprint density at radius 1 is 0.809 bits per heavy atom. The van der Waals surface area contributed by atoms with Crippen LogP contribution in [0.2, 0.25) is 0 Å². The van der Waals surface area contributed by atoms with E-state index in [1.165, 1.54) is 7.11 Å². The molecule has 14 atom stereocenters. The first-order valence-corrected chi connectivity index (χ1v) is 24.9. The van der Waals surface area contributed by atoms with Crippen LogP contribution >= 0.6 is 0 Å². The van der Waals surface area contributed by atoms with Crippen LogP contribution in [-0.2, 0) is 47.7 Å². The molecule has 1 saturated heterocycles. The van der Waals surface area contributed by atoms with E-state index in [1.807, 2.05) is 51.2 Å². The highest BCUT2D eigenvalue weighted by atomic mass is 16.5. The first-order chi connectivity index (χ1) is 32.3. The Morgan fingerprint density at radius 3 is 2.19 bits per heavy atom. The van der Waals surface area contributed by atoms with Gasteiger partial charge in [-0.3, -0.25) is 24.0 Å². The van der Waals surface area contributed by atoms with Gasteiger partial charge < -0.3 is 44.3 Å². The summed E-state index contributed by atoms with van der Waals surface area (Å²) in [7, 11) is 3.15. The summed E-state index contributed by atoms with van der Waals surface area (Å²) in [6.07, 6.45) is 11.6. The largest absolute Gasteiger partial charge is 0.460 e. The number of aliphatic hydroxyl groups is 4. The molecule has 3 rings (SSSR count). The van der Waals surface area contributed by atoms with Crippen molar-refractivity contribution in [1.29, 1.82) is 0 Å². The monoisotopic (exact) mass is 958 g/mol. The first kappa shape index (κ1) is 58.6. The summed E-state index contributed by atoms with van der Waals surface area (Å²) in [4.78, 5) is 84.0. The fourth-order valence-electron chi connectivity index (χ4n) is 9.97. The molecule has 2 heterocycles. The number of piperidine rings is 1. The Kier molecular flexibility index (Phi) is 25.4. The number of hydrogen-bond acceptors (Lipinski definition) is 14. The standard InChI is InChI=1S/C53H83NO14/c1-32-15-11-10-12-16-33(2)45(65-8)29-40(57)20-18-34(3)50(61)51(62)52(63)54-22-14-13-17-42(54)53(64)68-46(36(5)27-39-19-21-44(67-24-23-55)47(28-39)66-9)30-43(58)35(4)26-38(7)49(60)41(31-56)48(59)37(6)25-32/h10-12,15-16,26,32,34-37,39-42,44-47,49,55-57,60H,13-14,17-25,27-31H2,1-9H3/b12-10+,15-11+,33-16?,38-26+/t32-,34-,35-,36-,37-,39+,40+,41+,42+,44-,45+,46+,47-,49-/m1/s1. The molecule has 4 N–H and O–H groups in total. The molecule has 0 aromatic rings. The second-order valence-corrected chi connectivity index (χ2v) is 19.9. The summed E-state index contributed by atoms with van der Waals surface area (Å²) < 4.78 is 23.5. The van der Waals surface area contributed by atoms with Crippen LogP contribution < -0.4 is 0 Å². The second kappa shape index (κ2) is 29.5. The van der Waals surface area contributed by atoms with Crippen LogP contribution in [0.25, 0.3) is 0 Å². The van der Waals surface area contributed by atoms with Crippen molar-refractivity contribution >= 4 is 35.0 Å². The molecular weight excluding hydrogens is 875 g/mol. The fourth-order valence-corrected chi connectivity index (χ4v) is 9.97. The average molecular weight is 958 g/mol. The van der Waals surface area contributed by atoms with Crippen LogP contribution in [0.15, 0.2) is 47.6 Å². The van der Waals surface area contributed by atoms with Crippen molar-refractivity contribution in [2.45, 2.75) is 168 Å². The van der Waals surface area contributed by atoms with E-state index in [0.717, 1.165) is 16.9 Å². The lowest BCUT2D eigenvalue weighted by atomic mass is 9.78. The van der Waals surface area contributed by atoms with E-state index < -0.39 is 84.2 Å². The summed E-state index contributed by atoms with van der Waals surface area (Å²) in [6.45, 7) is 11.9. The minimum Gasteiger partial charge on any atom is -0.460 e. The number of aliphatic hydroxyl groups excluding tert-OH is 4. The highest BCUT2D eigenvalue weighted by molar-refractivity contribution is 6.63. The Morgan fingerprint density at radius 2 is 1.53 bits per heavy atom. The number of allylic oxidation sites excluding steroid dienone is 6. The predicted molar refractivity (Wildman–Crippen MR) is 257 cm³/mol. The molecule has 15 heteroatoms. The van der Waals surface area contributed by atoms with E-state index >= 15 is 0 Å². The van der Waals surface area contributed by atoms with E-state index in [-0.39, 0.29) is 93.4 Å². The van der Waals surface area contributed by atoms with E-state index in [1.54, 1.807) is 40.9 Å². The van der Waals surface area contributed by atoms with Gasteiger partial charge in [-0.05, 0) is 107 Å². The normalized spacial score (nSPS) is 35.8. The third kappa shape index (κ3) is 17.6. The number of Topliss-reactive ketones (excluding diaryl/α,β-unsaturated/α-hetero) is 4. The van der Waals surface area contributed by atoms with Gasteiger partial charge in [0.1, 0.15) is 23.7 Å². The van der Waals surface area contributed by atoms with Crippen LogP contribution in [-0.4, -0.2) is 144 Å². The molecule has 2 fully saturated rings. The van der Waals surface area contributed by atoms with Crippen molar-refractivity contribution in [2.75, 3.05) is 40.6 Å². The Hall–Kier alpha value is -3.70. The van der Waals surface area contributed by atoms with Crippen molar-refractivity contribution in [3.05, 3.63) is 47.6 Å². The molecular formula is C53H83NO14. The third-order valence-corrected chi connectivity index (χ3v) is 14.4. The van der Waals surface area contributed by atoms with Gasteiger partial charge in [0.25, 0.3) is 11.7 Å². The number of amides is 1. The summed E-state index contributed by atoms with van der Waals surface area (Å²) >= 11 is 0. The van der Waals surface area contributed by atoms with Gasteiger partial charge in [0.2, 0.25) is 5.78 Å². The zero-order valence-corrected chi connectivity index (χ0v) is 42.2. The molecule has 68 heavy (non-hydrogen) atoms. The number of nitrogens with zero attached hydrogens (tertiary/aromatic N) is 1. The molecule has 0 aromatic heterocycles. The molecule has 1 aliphatic carbocycles. The minimum atomic E-state index is -1.36. The van der Waals surface area contributed by atoms with E-state index in [9.17, 15) is 49.2 Å². The highest BCUT2D eigenvalue weighted by Crippen LogP contribution is 2.35. The number of ether oxygens (including phenoxy) is 4. The molecule has 0 aromatic carbocycles. The fraction of sp³-hybridized carbons (Fsp3) is 0.736. The molecule has 1 saturated carbocycles. The van der Waals surface area contributed by atoms with Gasteiger partial charge >= 0.3 is 5.97 Å². The smallest absolute Gasteiger partial charge is 0.329 e. The van der Waals surface area contributed by atoms with Crippen molar-refractivity contribution in [1.82, 2.24) is 4.90 Å². The van der Waals surface area contributed by atoms with Crippen LogP contribution in [0.5, 0.6) is 0 Å². The number of carbonyl (C=O) groups is 6. The van der Waals surface area contributed by atoms with Gasteiger partial charge in [0.05, 0.1) is 56.3 Å². The zero-order chi connectivity index (χ0) is 50.7. The van der Waals surface area contributed by atoms with Crippen LogP contribution in [0.1, 0.15) is 126 Å². The number of fused-ring (bicyclic) bond motifs is 1. The van der Waals surface area contributed by atoms with Gasteiger partial charge in [0, 0.05) is 51.4 Å². The number of rotatable bonds is 9. The minimum absolute atomic E-state index is 0.0171. The Labute approximate surface area is 404 Å². The molecule has 384 valence electrons. The quantitative estimate of drug-likeness (QED) is 0.125. The van der Waals surface area contributed by atoms with Crippen molar-refractivity contribution in [2.24, 2.45) is 41.4 Å². The molecule has 0 bridgehead atoms. The van der Waals surface area contributed by atoms with Crippen LogP contribution in [0, 0.1) is 41.4 Å². The lowest BCUT2D eigenvalue weighted by Crippen LogP contribution is -2.53. The average Bonchev–Trinajstić information content (AvgIpc) is 3.32. The number of hydrogen-bond donors (Lipinski definition) is 4. The second-order valence-electron chi connectivity index (χ2n) is 19.9. The maximum absolute atomic E-state index is 14.3. The van der Waals surface area contributed by atoms with Gasteiger partial charge in [-0.1, -0.05) is 71.1 Å². The SMILES string of the molecule is CO[C@H]1C[C@@H](O)CC[C@@H](C)C(=O)C(=O)C(=O)N2CCCC[C@H]2C(=O)O[C@H]([C@H](C)C[C@@H]2CC[C@@H](OCCO)[C@H](OC)C2)CC(=O)[C@H](C)/C=C(\C)[C@@H](O)[C@@H](CO)C(=O)[C@H](C)C[C@H](C)/C=C/C=C/C=C1C. The first-order valence-electron chi connectivity index (χ1n) is 24.9. The van der Waals surface area contributed by atoms with E-state index in [4.69, 9.17) is 18.9 Å². The maximum Gasteiger partial charge on any atom is 0.329 e. The van der Waals surface area contributed by atoms with E-state index in [0.29, 0.717) is 44.1 Å². The number of esters is 1. The van der Waals surface area contributed by atoms with Gasteiger partial charge in [-0.2, -0.15) is 0 Å². The number of methoxy groups -OCH3 is 2. The summed E-state index contributed by atoms with van der Waals surface area (Å²) in [6, 6.07) is -1.17. The molecule has 15 nitrogen and oxygen atoms in total. The van der Waals surface area contributed by atoms with Gasteiger partial charge in [-0.25, -0.2) is 4.79 Å². The van der Waals surface area contributed by atoms with Gasteiger partial charge in [0.15, 0.2) is 0 Å². The molecule has 0 unspecified atom stereocenters. The maximum atomic E-state index is 14.3. The lowest BCUT2D eigenvalue weighted by Gasteiger charge is -2.38. The summed E-state index contributed by atoms with van der Waals surface area (Å²) in [5.74, 6) is -8.17. The molecule has 3 aliphatic rings. The molecule has 1 amide bonds. The highest BCUT2D eigenvalue weighted by Gasteiger charge is 2.42. The number of ketones is 4. The Bertz CT molecular complexity index is 1790. The lowest BCUT2D eigenvalue weighted by molar-refractivity contribution is -0.166. The number of cyclic esters (lactones) is 1. The topological polar surface area (TPSA) is 223 Å². The van der Waals surface area contributed by atoms with E-state index in [2.05, 4.69) is 0 Å². The summed E-state index contributed by atoms with van der Waals surface area (Å²) in [5.41, 5.74) is 1.18. The van der Waals surface area contributed by atoms with Crippen molar-refractivity contribution in [3.8, 4) is 0 Å². The third-order valence-electron chi connectivity index (χ3n) is 14.4. The molecule has 0 radical (unpaired) electrons. The Balaban J connectivity index is 1.98. The van der Waals surface area contributed by atoms with Crippen molar-refractivity contribution < 1.29 is 68.1 Å². The molecule has 0 spiro atoms. The van der Waals surface area contributed by atoms with Crippen LogP contribution in [0.4, 0.5) is 0 Å². The predicted octanol–water partition coefficient (Wildman–Crippen LogP) is 5.63. The summed E-state index contributed by atoms with van der Waals surface area (Å²) in [5, 5.41) is 42.1.